The summed E-state index contributed by atoms with van der Waals surface area (Å²) in [6, 6.07) is 32.1. The molecule has 0 aliphatic carbocycles. The van der Waals surface area contributed by atoms with Gasteiger partial charge in [-0.25, -0.2) is 13.1 Å². The van der Waals surface area contributed by atoms with Crippen LogP contribution in [0.2, 0.25) is 0 Å². The van der Waals surface area contributed by atoms with E-state index in [1.807, 2.05) is 85.9 Å². The molecule has 3 atom stereocenters. The van der Waals surface area contributed by atoms with Gasteiger partial charge in [0.15, 0.2) is 6.29 Å². The second-order valence-electron chi connectivity index (χ2n) is 10.8. The lowest BCUT2D eigenvalue weighted by Gasteiger charge is -2.37. The average molecular weight is 599 g/mol. The first-order valence-corrected chi connectivity index (χ1v) is 15.9. The van der Waals surface area contributed by atoms with Gasteiger partial charge in [0.25, 0.3) is 0 Å². The lowest BCUT2D eigenvalue weighted by molar-refractivity contribution is -0.252. The molecule has 0 amide bonds. The number of aliphatic hydroxyl groups excluding tert-OH is 1. The molecule has 0 aromatic heterocycles. The Morgan fingerprint density at radius 2 is 1.58 bits per heavy atom. The maximum Gasteiger partial charge on any atom is 0.240 e. The summed E-state index contributed by atoms with van der Waals surface area (Å²) in [5, 5.41) is 9.46. The third-order valence-corrected chi connectivity index (χ3v) is 9.01. The van der Waals surface area contributed by atoms with E-state index in [0.29, 0.717) is 6.42 Å². The van der Waals surface area contributed by atoms with Gasteiger partial charge in [-0.15, -0.1) is 6.58 Å². The highest BCUT2D eigenvalue weighted by Crippen LogP contribution is 2.38. The minimum Gasteiger partial charge on any atom is -0.392 e. The quantitative estimate of drug-likeness (QED) is 0.195. The van der Waals surface area contributed by atoms with Crippen LogP contribution < -0.4 is 4.72 Å². The summed E-state index contributed by atoms with van der Waals surface area (Å²) in [6.07, 6.45) is 1.82. The lowest BCUT2D eigenvalue weighted by Crippen LogP contribution is -2.37. The molecule has 1 heterocycles. The smallest absolute Gasteiger partial charge is 0.240 e. The Hall–Kier alpha value is -3.63. The molecule has 43 heavy (non-hydrogen) atoms. The van der Waals surface area contributed by atoms with Crippen LogP contribution in [0.3, 0.4) is 0 Å². The normalized spacial score (nSPS) is 18.9. The van der Waals surface area contributed by atoms with E-state index in [1.54, 1.807) is 30.3 Å². The predicted molar refractivity (Wildman–Crippen MR) is 168 cm³/mol. The van der Waals surface area contributed by atoms with Crippen LogP contribution in [-0.4, -0.2) is 44.7 Å². The molecule has 1 aliphatic rings. The van der Waals surface area contributed by atoms with Gasteiger partial charge in [0, 0.05) is 31.6 Å². The van der Waals surface area contributed by atoms with Gasteiger partial charge in [-0.2, -0.15) is 0 Å². The molecule has 0 unspecified atom stereocenters. The fourth-order valence-electron chi connectivity index (χ4n) is 5.31. The van der Waals surface area contributed by atoms with E-state index in [2.05, 4.69) is 16.2 Å². The molecule has 7 nitrogen and oxygen atoms in total. The topological polar surface area (TPSA) is 88.1 Å². The van der Waals surface area contributed by atoms with E-state index < -0.39 is 16.3 Å². The summed E-state index contributed by atoms with van der Waals surface area (Å²) in [5.74, 6) is 0. The van der Waals surface area contributed by atoms with E-state index in [9.17, 15) is 13.5 Å². The molecule has 0 saturated carbocycles. The summed E-state index contributed by atoms with van der Waals surface area (Å²) in [5.41, 5.74) is 5.59. The SMILES string of the molecule is C=CCN(C)C[C@H]1C[C@@H](c2ccc(CO)cc2)O[C@@H](c2ccc(-c3ccccc3CNS(=O)(=O)c3ccccc3)cc2)O1. The van der Waals surface area contributed by atoms with Crippen molar-refractivity contribution in [3.63, 3.8) is 0 Å². The van der Waals surface area contributed by atoms with Gasteiger partial charge in [-0.1, -0.05) is 97.1 Å². The predicted octanol–water partition coefficient (Wildman–Crippen LogP) is 5.99. The monoisotopic (exact) mass is 598 g/mol. The Morgan fingerprint density at radius 1 is 0.907 bits per heavy atom. The number of rotatable bonds is 12. The first-order chi connectivity index (χ1) is 20.9. The Labute approximate surface area is 254 Å². The van der Waals surface area contributed by atoms with Gasteiger partial charge >= 0.3 is 0 Å². The molecule has 0 spiro atoms. The second kappa shape index (κ2) is 14.2. The molecule has 4 aromatic rings. The Balaban J connectivity index is 1.34. The minimum absolute atomic E-state index is 0.000884. The maximum atomic E-state index is 12.8. The van der Waals surface area contributed by atoms with Crippen molar-refractivity contribution in [2.24, 2.45) is 0 Å². The van der Waals surface area contributed by atoms with Gasteiger partial charge in [-0.05, 0) is 47.0 Å². The number of hydrogen-bond acceptors (Lipinski definition) is 6. The number of aliphatic hydroxyl groups is 1. The third-order valence-electron chi connectivity index (χ3n) is 7.59. The molecule has 0 bridgehead atoms. The number of nitrogens with one attached hydrogen (secondary N) is 1. The molecule has 8 heteroatoms. The van der Waals surface area contributed by atoms with Crippen LogP contribution in [0.15, 0.2) is 121 Å². The van der Waals surface area contributed by atoms with Crippen molar-refractivity contribution < 1.29 is 23.0 Å². The molecule has 1 saturated heterocycles. The molecule has 5 rings (SSSR count). The van der Waals surface area contributed by atoms with Crippen LogP contribution >= 0.6 is 0 Å². The number of benzene rings is 4. The van der Waals surface area contributed by atoms with Crippen LogP contribution in [0, 0.1) is 0 Å². The number of sulfonamides is 1. The van der Waals surface area contributed by atoms with Crippen molar-refractivity contribution in [1.82, 2.24) is 9.62 Å². The molecule has 4 aromatic carbocycles. The van der Waals surface area contributed by atoms with Crippen molar-refractivity contribution in [2.45, 2.75) is 43.0 Å². The summed E-state index contributed by atoms with van der Waals surface area (Å²) < 4.78 is 41.3. The van der Waals surface area contributed by atoms with E-state index in [1.165, 1.54) is 0 Å². The largest absolute Gasteiger partial charge is 0.392 e. The van der Waals surface area contributed by atoms with Crippen molar-refractivity contribution in [3.8, 4) is 11.1 Å². The molecule has 2 N–H and O–H groups in total. The van der Waals surface area contributed by atoms with Crippen LogP contribution in [0.4, 0.5) is 0 Å². The molecule has 1 fully saturated rings. The zero-order chi connectivity index (χ0) is 30.2. The number of likely N-dealkylation sites (N-methyl/N-ethyl adjacent to an activating group) is 1. The highest BCUT2D eigenvalue weighted by Gasteiger charge is 2.32. The molecule has 224 valence electrons. The summed E-state index contributed by atoms with van der Waals surface area (Å²) >= 11 is 0. The molecule has 1 aliphatic heterocycles. The van der Waals surface area contributed by atoms with Crippen molar-refractivity contribution >= 4 is 10.0 Å². The second-order valence-corrected chi connectivity index (χ2v) is 12.5. The van der Waals surface area contributed by atoms with Crippen molar-refractivity contribution in [1.29, 1.82) is 0 Å². The van der Waals surface area contributed by atoms with Gasteiger partial charge in [-0.3, -0.25) is 0 Å². The summed E-state index contributed by atoms with van der Waals surface area (Å²) in [6.45, 7) is 5.52. The first kappa shape index (κ1) is 30.8. The maximum absolute atomic E-state index is 12.8. The zero-order valence-corrected chi connectivity index (χ0v) is 25.1. The van der Waals surface area contributed by atoms with Gasteiger partial charge < -0.3 is 19.5 Å². The highest BCUT2D eigenvalue weighted by molar-refractivity contribution is 7.89. The first-order valence-electron chi connectivity index (χ1n) is 14.4. The van der Waals surface area contributed by atoms with Crippen LogP contribution in [0.1, 0.15) is 41.1 Å². The number of nitrogens with zero attached hydrogens (tertiary/aromatic N) is 1. The number of ether oxygens (including phenoxy) is 2. The van der Waals surface area contributed by atoms with Gasteiger partial charge in [0.2, 0.25) is 10.0 Å². The molecule has 0 radical (unpaired) electrons. The Morgan fingerprint density at radius 3 is 2.28 bits per heavy atom. The zero-order valence-electron chi connectivity index (χ0n) is 24.3. The lowest BCUT2D eigenvalue weighted by atomic mass is 9.97. The fourth-order valence-corrected chi connectivity index (χ4v) is 6.33. The fraction of sp³-hybridized carbons (Fsp3) is 0.257. The minimum atomic E-state index is -3.63. The standard InChI is InChI=1S/C35H38N2O5S/c1-3-21-37(2)24-31-22-34(28-15-13-26(25-38)14-16-28)42-35(41-31)29-19-17-27(18-20-29)33-12-8-7-9-30(33)23-36-43(39,40)32-10-5-4-6-11-32/h3-20,31,34-36,38H,1,21-25H2,2H3/t31-,34+,35+/m1/s1. The highest BCUT2D eigenvalue weighted by atomic mass is 32.2. The van der Waals surface area contributed by atoms with E-state index >= 15 is 0 Å². The molecular formula is C35H38N2O5S. The van der Waals surface area contributed by atoms with Crippen LogP contribution in [0.5, 0.6) is 0 Å². The molecular weight excluding hydrogens is 560 g/mol. The van der Waals surface area contributed by atoms with E-state index in [-0.39, 0.29) is 30.3 Å². The van der Waals surface area contributed by atoms with Crippen LogP contribution in [-0.2, 0) is 32.6 Å². The average Bonchev–Trinajstić information content (AvgIpc) is 3.04. The van der Waals surface area contributed by atoms with Gasteiger partial charge in [0.1, 0.15) is 0 Å². The summed E-state index contributed by atoms with van der Waals surface area (Å²) in [7, 11) is -1.58. The van der Waals surface area contributed by atoms with Crippen LogP contribution in [0.25, 0.3) is 11.1 Å². The van der Waals surface area contributed by atoms with Crippen molar-refractivity contribution in [2.75, 3.05) is 20.1 Å². The van der Waals surface area contributed by atoms with E-state index in [4.69, 9.17) is 9.47 Å². The third kappa shape index (κ3) is 7.86. The number of hydrogen-bond donors (Lipinski definition) is 2. The summed E-state index contributed by atoms with van der Waals surface area (Å²) in [4.78, 5) is 2.42. The Bertz CT molecular complexity index is 1590. The van der Waals surface area contributed by atoms with Crippen molar-refractivity contribution in [3.05, 3.63) is 138 Å². The Kier molecular flexibility index (Phi) is 10.2. The van der Waals surface area contributed by atoms with Gasteiger partial charge in [0.05, 0.1) is 23.7 Å². The van der Waals surface area contributed by atoms with E-state index in [0.717, 1.165) is 46.5 Å².